The fourth-order valence-corrected chi connectivity index (χ4v) is 2.42. The molecule has 3 aromatic rings. The number of ether oxygens (including phenoxy) is 1. The smallest absolute Gasteiger partial charge is 0.275 e. The van der Waals surface area contributed by atoms with E-state index >= 15 is 0 Å². The highest BCUT2D eigenvalue weighted by molar-refractivity contribution is 6.03. The van der Waals surface area contributed by atoms with Gasteiger partial charge >= 0.3 is 0 Å². The van der Waals surface area contributed by atoms with Crippen molar-refractivity contribution in [2.45, 2.75) is 6.92 Å². The Kier molecular flexibility index (Phi) is 4.82. The van der Waals surface area contributed by atoms with Gasteiger partial charge in [-0.25, -0.2) is 5.43 Å². The first-order valence-corrected chi connectivity index (χ1v) is 7.77. The average Bonchev–Trinajstić information content (AvgIpc) is 3.08. The monoisotopic (exact) mass is 331 g/mol. The molecule has 25 heavy (non-hydrogen) atoms. The van der Waals surface area contributed by atoms with Crippen molar-refractivity contribution < 1.29 is 9.53 Å². The minimum atomic E-state index is -0.358. The van der Waals surface area contributed by atoms with Crippen LogP contribution in [0.5, 0.6) is 5.75 Å². The molecule has 0 unspecified atom stereocenters. The second kappa shape index (κ2) is 7.37. The van der Waals surface area contributed by atoms with Gasteiger partial charge in [0, 0.05) is 10.9 Å². The molecule has 0 aliphatic rings. The molecule has 0 atom stereocenters. The molecule has 124 valence electrons. The minimum absolute atomic E-state index is 0.0989. The third kappa shape index (κ3) is 3.70. The number of fused-ring (bicyclic) bond motifs is 1. The number of terminal acetylenes is 1. The summed E-state index contributed by atoms with van der Waals surface area (Å²) < 4.78 is 5.39. The summed E-state index contributed by atoms with van der Waals surface area (Å²) in [4.78, 5) is 15.6. The number of benzene rings is 2. The molecule has 0 aliphatic heterocycles. The summed E-state index contributed by atoms with van der Waals surface area (Å²) in [5.41, 5.74) is 5.47. The first kappa shape index (κ1) is 16.3. The third-order valence-electron chi connectivity index (χ3n) is 3.69. The SMILES string of the molecule is C#CCOc1ccccc1C(=O)NN=C(C)c1cc2ccccc2[nH]1. The molecule has 2 aromatic carbocycles. The summed E-state index contributed by atoms with van der Waals surface area (Å²) in [6.07, 6.45) is 5.20. The topological polar surface area (TPSA) is 66.5 Å². The molecule has 3 rings (SSSR count). The van der Waals surface area contributed by atoms with Crippen LogP contribution in [0.1, 0.15) is 23.0 Å². The molecule has 0 spiro atoms. The zero-order chi connectivity index (χ0) is 17.6. The number of hydrogen-bond acceptors (Lipinski definition) is 3. The Morgan fingerprint density at radius 3 is 2.80 bits per heavy atom. The summed E-state index contributed by atoms with van der Waals surface area (Å²) in [5, 5.41) is 5.27. The van der Waals surface area contributed by atoms with Crippen molar-refractivity contribution in [1.82, 2.24) is 10.4 Å². The molecule has 0 saturated heterocycles. The highest BCUT2D eigenvalue weighted by Crippen LogP contribution is 2.18. The highest BCUT2D eigenvalue weighted by Gasteiger charge is 2.12. The number of nitrogens with zero attached hydrogens (tertiary/aromatic N) is 1. The van der Waals surface area contributed by atoms with Gasteiger partial charge in [0.2, 0.25) is 0 Å². The molecule has 1 aromatic heterocycles. The summed E-state index contributed by atoms with van der Waals surface area (Å²) >= 11 is 0. The van der Waals surface area contributed by atoms with Crippen LogP contribution in [0, 0.1) is 12.3 Å². The number of para-hydroxylation sites is 2. The van der Waals surface area contributed by atoms with Crippen LogP contribution in [-0.2, 0) is 0 Å². The van der Waals surface area contributed by atoms with E-state index in [4.69, 9.17) is 11.2 Å². The van der Waals surface area contributed by atoms with Gasteiger partial charge in [0.15, 0.2) is 0 Å². The van der Waals surface area contributed by atoms with Crippen molar-refractivity contribution in [2.24, 2.45) is 5.10 Å². The second-order valence-electron chi connectivity index (χ2n) is 5.40. The number of carbonyl (C=O) groups is 1. The number of aromatic nitrogens is 1. The molecule has 2 N–H and O–H groups in total. The Hall–Kier alpha value is -3.52. The minimum Gasteiger partial charge on any atom is -0.480 e. The average molecular weight is 331 g/mol. The van der Waals surface area contributed by atoms with E-state index in [0.717, 1.165) is 16.6 Å². The van der Waals surface area contributed by atoms with E-state index in [0.29, 0.717) is 17.0 Å². The Morgan fingerprint density at radius 2 is 2.00 bits per heavy atom. The summed E-state index contributed by atoms with van der Waals surface area (Å²) in [5.74, 6) is 2.45. The van der Waals surface area contributed by atoms with Crippen molar-refractivity contribution in [3.63, 3.8) is 0 Å². The van der Waals surface area contributed by atoms with E-state index in [2.05, 4.69) is 21.4 Å². The van der Waals surface area contributed by atoms with Gasteiger partial charge in [-0.2, -0.15) is 5.10 Å². The predicted octanol–water partition coefficient (Wildman–Crippen LogP) is 3.33. The van der Waals surface area contributed by atoms with Crippen LogP contribution in [0.15, 0.2) is 59.7 Å². The molecule has 5 heteroatoms. The molecule has 0 bridgehead atoms. The Balaban J connectivity index is 1.77. The molecule has 0 fully saturated rings. The lowest BCUT2D eigenvalue weighted by molar-refractivity contribution is 0.0951. The van der Waals surface area contributed by atoms with Crippen molar-refractivity contribution >= 4 is 22.5 Å². The second-order valence-corrected chi connectivity index (χ2v) is 5.40. The van der Waals surface area contributed by atoms with E-state index < -0.39 is 0 Å². The van der Waals surface area contributed by atoms with Crippen molar-refractivity contribution in [3.05, 3.63) is 65.9 Å². The van der Waals surface area contributed by atoms with E-state index in [1.165, 1.54) is 0 Å². The number of rotatable bonds is 5. The van der Waals surface area contributed by atoms with Crippen LogP contribution < -0.4 is 10.2 Å². The van der Waals surface area contributed by atoms with E-state index in [1.54, 1.807) is 24.3 Å². The fourth-order valence-electron chi connectivity index (χ4n) is 2.42. The van der Waals surface area contributed by atoms with Gasteiger partial charge in [-0.15, -0.1) is 6.42 Å². The van der Waals surface area contributed by atoms with Gasteiger partial charge in [0.05, 0.1) is 17.0 Å². The molecule has 0 saturated carbocycles. The molecule has 1 heterocycles. The Bertz CT molecular complexity index is 947. The molecule has 0 aliphatic carbocycles. The first-order valence-electron chi connectivity index (χ1n) is 7.77. The van der Waals surface area contributed by atoms with Crippen LogP contribution in [0.3, 0.4) is 0 Å². The summed E-state index contributed by atoms with van der Waals surface area (Å²) in [7, 11) is 0. The van der Waals surface area contributed by atoms with Crippen LogP contribution >= 0.6 is 0 Å². The lowest BCUT2D eigenvalue weighted by Crippen LogP contribution is -2.20. The van der Waals surface area contributed by atoms with Crippen LogP contribution in [0.4, 0.5) is 0 Å². The third-order valence-corrected chi connectivity index (χ3v) is 3.69. The molecule has 1 amide bonds. The maximum atomic E-state index is 12.4. The molecular formula is C20H17N3O2. The number of amides is 1. The first-order chi connectivity index (χ1) is 12.2. The Morgan fingerprint density at radius 1 is 1.24 bits per heavy atom. The zero-order valence-electron chi connectivity index (χ0n) is 13.7. The standard InChI is InChI=1S/C20H17N3O2/c1-3-12-25-19-11-7-5-9-16(19)20(24)23-22-14(2)18-13-15-8-4-6-10-17(15)21-18/h1,4-11,13,21H,12H2,2H3,(H,23,24). The van der Waals surface area contributed by atoms with Crippen LogP contribution in [-0.4, -0.2) is 23.2 Å². The number of hydrazone groups is 1. The number of hydrogen-bond donors (Lipinski definition) is 2. The number of carbonyl (C=O) groups excluding carboxylic acids is 1. The molecule has 0 radical (unpaired) electrons. The number of H-pyrrole nitrogens is 1. The normalized spacial score (nSPS) is 11.1. The predicted molar refractivity (Wildman–Crippen MR) is 98.7 cm³/mol. The summed E-state index contributed by atoms with van der Waals surface area (Å²) in [6, 6.07) is 16.8. The summed E-state index contributed by atoms with van der Waals surface area (Å²) in [6.45, 7) is 1.92. The number of nitrogens with one attached hydrogen (secondary N) is 2. The maximum Gasteiger partial charge on any atom is 0.275 e. The lowest BCUT2D eigenvalue weighted by Gasteiger charge is -2.08. The van der Waals surface area contributed by atoms with Gasteiger partial charge in [-0.1, -0.05) is 36.3 Å². The fraction of sp³-hybridized carbons (Fsp3) is 0.100. The lowest BCUT2D eigenvalue weighted by atomic mass is 10.2. The van der Waals surface area contributed by atoms with Gasteiger partial charge in [0.1, 0.15) is 12.4 Å². The van der Waals surface area contributed by atoms with E-state index in [-0.39, 0.29) is 12.5 Å². The Labute approximate surface area is 145 Å². The van der Waals surface area contributed by atoms with Gasteiger partial charge in [0.25, 0.3) is 5.91 Å². The van der Waals surface area contributed by atoms with Crippen LogP contribution in [0.25, 0.3) is 10.9 Å². The van der Waals surface area contributed by atoms with Crippen LogP contribution in [0.2, 0.25) is 0 Å². The van der Waals surface area contributed by atoms with Crippen molar-refractivity contribution in [1.29, 1.82) is 0 Å². The van der Waals surface area contributed by atoms with Gasteiger partial charge < -0.3 is 9.72 Å². The van der Waals surface area contributed by atoms with Crippen molar-refractivity contribution in [3.8, 4) is 18.1 Å². The highest BCUT2D eigenvalue weighted by atomic mass is 16.5. The van der Waals surface area contributed by atoms with Gasteiger partial charge in [-0.05, 0) is 31.2 Å². The largest absolute Gasteiger partial charge is 0.480 e. The zero-order valence-corrected chi connectivity index (χ0v) is 13.7. The number of aromatic amines is 1. The van der Waals surface area contributed by atoms with E-state index in [1.807, 2.05) is 37.3 Å². The quantitative estimate of drug-likeness (QED) is 0.428. The molecular weight excluding hydrogens is 314 g/mol. The van der Waals surface area contributed by atoms with Crippen molar-refractivity contribution in [2.75, 3.05) is 6.61 Å². The molecule has 5 nitrogen and oxygen atoms in total. The van der Waals surface area contributed by atoms with E-state index in [9.17, 15) is 4.79 Å². The van der Waals surface area contributed by atoms with Gasteiger partial charge in [-0.3, -0.25) is 4.79 Å². The maximum absolute atomic E-state index is 12.4.